The Hall–Kier alpha value is -3.73. The normalized spacial score (nSPS) is 16.4. The first-order valence-electron chi connectivity index (χ1n) is 10.3. The van der Waals surface area contributed by atoms with Crippen LogP contribution in [0, 0.1) is 15.5 Å². The summed E-state index contributed by atoms with van der Waals surface area (Å²) in [6, 6.07) is 5.39. The number of non-ortho nitro benzene ring substituents is 1. The van der Waals surface area contributed by atoms with Gasteiger partial charge in [0.2, 0.25) is 6.79 Å². The van der Waals surface area contributed by atoms with Crippen molar-refractivity contribution >= 4 is 23.6 Å². The second-order valence-corrected chi connectivity index (χ2v) is 8.67. The number of nitro groups is 1. The van der Waals surface area contributed by atoms with Crippen molar-refractivity contribution < 1.29 is 38.6 Å². The molecule has 1 heterocycles. The molecule has 1 atom stereocenters. The molecule has 1 aromatic rings. The first-order chi connectivity index (χ1) is 15.8. The lowest BCUT2D eigenvalue weighted by atomic mass is 9.79. The van der Waals surface area contributed by atoms with Gasteiger partial charge in [-0.1, -0.05) is 12.1 Å². The number of hydrogen-bond donors (Lipinski definition) is 1. The highest BCUT2D eigenvalue weighted by Gasteiger charge is 2.40. The van der Waals surface area contributed by atoms with Crippen LogP contribution in [0.5, 0.6) is 0 Å². The van der Waals surface area contributed by atoms with Gasteiger partial charge in [0.1, 0.15) is 6.73 Å². The predicted molar refractivity (Wildman–Crippen MR) is 119 cm³/mol. The highest BCUT2D eigenvalue weighted by Crippen LogP contribution is 2.43. The molecule has 2 rings (SSSR count). The molecule has 11 nitrogen and oxygen atoms in total. The number of rotatable bonds is 8. The first-order valence-corrected chi connectivity index (χ1v) is 10.3. The number of esters is 2. The fourth-order valence-corrected chi connectivity index (χ4v) is 3.55. The number of benzene rings is 1. The number of nitrogens with zero attached hydrogens (tertiary/aromatic N) is 2. The first kappa shape index (κ1) is 26.5. The van der Waals surface area contributed by atoms with Crippen molar-refractivity contribution in [3.63, 3.8) is 0 Å². The number of methoxy groups -OCH3 is 1. The van der Waals surface area contributed by atoms with Crippen molar-refractivity contribution in [1.82, 2.24) is 4.90 Å². The smallest absolute Gasteiger partial charge is 0.339 e. The minimum atomic E-state index is -1.31. The monoisotopic (exact) mass is 476 g/mol. The van der Waals surface area contributed by atoms with E-state index in [1.54, 1.807) is 34.6 Å². The molecule has 11 heteroatoms. The van der Waals surface area contributed by atoms with E-state index in [4.69, 9.17) is 14.2 Å². The average molecular weight is 476 g/mol. The summed E-state index contributed by atoms with van der Waals surface area (Å²) in [5.41, 5.74) is -0.435. The Balaban J connectivity index is 2.58. The largest absolute Gasteiger partial charge is 0.478 e. The van der Waals surface area contributed by atoms with Crippen LogP contribution in [-0.4, -0.2) is 53.5 Å². The molecule has 184 valence electrons. The Morgan fingerprint density at radius 3 is 2.26 bits per heavy atom. The molecule has 0 fully saturated rings. The zero-order valence-corrected chi connectivity index (χ0v) is 19.9. The van der Waals surface area contributed by atoms with Crippen LogP contribution in [0.2, 0.25) is 0 Å². The Kier molecular flexibility index (Phi) is 8.17. The number of ether oxygens (including phenoxy) is 3. The van der Waals surface area contributed by atoms with E-state index in [1.165, 1.54) is 36.3 Å². The van der Waals surface area contributed by atoms with Crippen LogP contribution < -0.4 is 0 Å². The van der Waals surface area contributed by atoms with E-state index >= 15 is 0 Å². The van der Waals surface area contributed by atoms with E-state index in [9.17, 15) is 29.6 Å². The van der Waals surface area contributed by atoms with Gasteiger partial charge in [-0.05, 0) is 40.2 Å². The number of hydrogen-bond acceptors (Lipinski definition) is 9. The van der Waals surface area contributed by atoms with Gasteiger partial charge in [0, 0.05) is 30.6 Å². The number of allylic oxidation sites excluding steroid dienone is 2. The highest BCUT2D eigenvalue weighted by atomic mass is 16.7. The molecule has 0 saturated carbocycles. The summed E-state index contributed by atoms with van der Waals surface area (Å²) in [4.78, 5) is 49.7. The van der Waals surface area contributed by atoms with E-state index in [0.717, 1.165) is 0 Å². The molecule has 0 spiro atoms. The topological polar surface area (TPSA) is 146 Å². The predicted octanol–water partition coefficient (Wildman–Crippen LogP) is 3.32. The molecule has 1 unspecified atom stereocenters. The van der Waals surface area contributed by atoms with E-state index in [-0.39, 0.29) is 29.1 Å². The molecule has 0 bridgehead atoms. The van der Waals surface area contributed by atoms with Crippen LogP contribution in [0.3, 0.4) is 0 Å². The lowest BCUT2D eigenvalue weighted by molar-refractivity contribution is -0.384. The van der Waals surface area contributed by atoms with E-state index in [1.807, 2.05) is 0 Å². The minimum Gasteiger partial charge on any atom is -0.478 e. The van der Waals surface area contributed by atoms with Crippen molar-refractivity contribution in [2.75, 3.05) is 20.6 Å². The summed E-state index contributed by atoms with van der Waals surface area (Å²) in [7, 11) is 1.41. The number of carbonyl (C=O) groups excluding carboxylic acids is 2. The van der Waals surface area contributed by atoms with E-state index < -0.39 is 41.0 Å². The number of carboxylic acid groups (broad SMARTS) is 1. The van der Waals surface area contributed by atoms with Crippen LogP contribution in [0.4, 0.5) is 5.69 Å². The van der Waals surface area contributed by atoms with Gasteiger partial charge >= 0.3 is 17.9 Å². The Morgan fingerprint density at radius 1 is 1.12 bits per heavy atom. The molecular formula is C23H28N2O9. The van der Waals surface area contributed by atoms with Gasteiger partial charge in [-0.3, -0.25) is 14.9 Å². The van der Waals surface area contributed by atoms with Crippen molar-refractivity contribution in [2.24, 2.45) is 5.41 Å². The average Bonchev–Trinajstić information content (AvgIpc) is 2.75. The molecule has 1 aromatic carbocycles. The van der Waals surface area contributed by atoms with Crippen molar-refractivity contribution in [2.45, 2.75) is 40.5 Å². The van der Waals surface area contributed by atoms with Gasteiger partial charge in [-0.2, -0.15) is 0 Å². The highest BCUT2D eigenvalue weighted by molar-refractivity contribution is 5.99. The third-order valence-corrected chi connectivity index (χ3v) is 5.28. The third kappa shape index (κ3) is 5.60. The quantitative estimate of drug-likeness (QED) is 0.256. The van der Waals surface area contributed by atoms with Gasteiger partial charge in [0.05, 0.1) is 27.4 Å². The fraction of sp³-hybridized carbons (Fsp3) is 0.435. The number of nitro benzene ring substituents is 1. The zero-order chi connectivity index (χ0) is 25.8. The second kappa shape index (κ2) is 10.5. The number of carbonyl (C=O) groups is 3. The molecule has 34 heavy (non-hydrogen) atoms. The van der Waals surface area contributed by atoms with Crippen LogP contribution >= 0.6 is 0 Å². The van der Waals surface area contributed by atoms with Gasteiger partial charge in [0.25, 0.3) is 5.69 Å². The van der Waals surface area contributed by atoms with Crippen LogP contribution in [0.15, 0.2) is 46.8 Å². The maximum absolute atomic E-state index is 13.2. The number of aliphatic carboxylic acids is 1. The van der Waals surface area contributed by atoms with Gasteiger partial charge in [-0.25, -0.2) is 9.59 Å². The maximum Gasteiger partial charge on any atom is 0.339 e. The number of carboxylic acids is 1. The summed E-state index contributed by atoms with van der Waals surface area (Å²) in [6.07, 6.45) is 0. The van der Waals surface area contributed by atoms with Crippen molar-refractivity contribution in [3.8, 4) is 0 Å². The maximum atomic E-state index is 13.2. The summed E-state index contributed by atoms with van der Waals surface area (Å²) in [6.45, 7) is 7.33. The summed E-state index contributed by atoms with van der Waals surface area (Å²) < 4.78 is 15.4. The molecule has 1 N–H and O–H groups in total. The van der Waals surface area contributed by atoms with Crippen molar-refractivity contribution in [3.05, 3.63) is 62.5 Å². The van der Waals surface area contributed by atoms with Gasteiger partial charge in [0.15, 0.2) is 0 Å². The molecule has 0 radical (unpaired) electrons. The Bertz CT molecular complexity index is 1070. The second-order valence-electron chi connectivity index (χ2n) is 8.67. The molecule has 0 aromatic heterocycles. The van der Waals surface area contributed by atoms with Crippen LogP contribution in [0.1, 0.15) is 46.1 Å². The molecule has 0 amide bonds. The SMILES string of the molecule is COCN1C(C)=C(C(=O)O)C(c2cccc([N+](=O)[O-])c2)C(C(=O)OCOC(=O)C(C)(C)C)=C1C. The lowest BCUT2D eigenvalue weighted by Crippen LogP contribution is -2.36. The van der Waals surface area contributed by atoms with Crippen molar-refractivity contribution in [1.29, 1.82) is 0 Å². The van der Waals surface area contributed by atoms with E-state index in [2.05, 4.69) is 0 Å². The van der Waals surface area contributed by atoms with Crippen LogP contribution in [0.25, 0.3) is 0 Å². The summed E-state index contributed by atoms with van der Waals surface area (Å²) in [5.74, 6) is -4.00. The summed E-state index contributed by atoms with van der Waals surface area (Å²) >= 11 is 0. The Morgan fingerprint density at radius 2 is 1.74 bits per heavy atom. The lowest BCUT2D eigenvalue weighted by Gasteiger charge is -2.36. The molecule has 1 aliphatic heterocycles. The van der Waals surface area contributed by atoms with E-state index in [0.29, 0.717) is 11.4 Å². The molecule has 0 saturated heterocycles. The fourth-order valence-electron chi connectivity index (χ4n) is 3.55. The van der Waals surface area contributed by atoms with Crippen LogP contribution in [-0.2, 0) is 28.6 Å². The van der Waals surface area contributed by atoms with Gasteiger partial charge in [-0.15, -0.1) is 0 Å². The standard InChI is InChI=1S/C23H28N2O9/c1-13-17(20(26)27)19(15-8-7-9-16(10-15)25(30)31)18(14(2)24(13)11-32-6)21(28)33-12-34-22(29)23(3,4)5/h7-10,19H,11-12H2,1-6H3,(H,26,27). The molecule has 0 aliphatic carbocycles. The third-order valence-electron chi connectivity index (χ3n) is 5.28. The summed E-state index contributed by atoms with van der Waals surface area (Å²) in [5, 5.41) is 21.3. The zero-order valence-electron chi connectivity index (χ0n) is 19.9. The molecular weight excluding hydrogens is 448 g/mol. The minimum absolute atomic E-state index is 0.0497. The molecule has 1 aliphatic rings. The Labute approximate surface area is 196 Å². The van der Waals surface area contributed by atoms with Gasteiger partial charge < -0.3 is 24.2 Å².